The molecule has 4 aromatic rings. The SMILES string of the molecule is CCn1cc(CCC(=O)N[C@@H](Cc2c[nH]c3ccccc23)c2cc(NC)nc(C3CC3)n2)c(C)n1. The Balaban J connectivity index is 1.40. The number of fused-ring (bicyclic) bond motifs is 1. The van der Waals surface area contributed by atoms with Crippen LogP contribution in [0, 0.1) is 6.92 Å². The van der Waals surface area contributed by atoms with Crippen molar-refractivity contribution < 1.29 is 4.79 Å². The van der Waals surface area contributed by atoms with Crippen LogP contribution in [0.3, 0.4) is 0 Å². The zero-order valence-electron chi connectivity index (χ0n) is 20.6. The molecule has 0 aliphatic heterocycles. The molecule has 0 bridgehead atoms. The molecule has 1 aliphatic rings. The topological polar surface area (TPSA) is 101 Å². The number of nitrogens with one attached hydrogen (secondary N) is 3. The zero-order valence-corrected chi connectivity index (χ0v) is 20.6. The average Bonchev–Trinajstić information content (AvgIpc) is 3.56. The van der Waals surface area contributed by atoms with Gasteiger partial charge in [0.25, 0.3) is 0 Å². The van der Waals surface area contributed by atoms with Crippen molar-refractivity contribution in [2.24, 2.45) is 0 Å². The Hall–Kier alpha value is -3.68. The molecular formula is C27H33N7O. The summed E-state index contributed by atoms with van der Waals surface area (Å²) in [5, 5.41) is 12.1. The quantitative estimate of drug-likeness (QED) is 0.318. The van der Waals surface area contributed by atoms with Crippen molar-refractivity contribution in [3.05, 3.63) is 71.1 Å². The number of nitrogens with zero attached hydrogens (tertiary/aromatic N) is 4. The molecule has 1 saturated carbocycles. The second-order valence-electron chi connectivity index (χ2n) is 9.34. The molecule has 1 aliphatic carbocycles. The summed E-state index contributed by atoms with van der Waals surface area (Å²) in [5.41, 5.74) is 5.20. The van der Waals surface area contributed by atoms with Crippen molar-refractivity contribution >= 4 is 22.6 Å². The first kappa shape index (κ1) is 23.1. The van der Waals surface area contributed by atoms with Gasteiger partial charge >= 0.3 is 0 Å². The van der Waals surface area contributed by atoms with Gasteiger partial charge in [0.15, 0.2) is 0 Å². The van der Waals surface area contributed by atoms with E-state index in [-0.39, 0.29) is 11.9 Å². The molecule has 8 heteroatoms. The average molecular weight is 472 g/mol. The molecule has 3 heterocycles. The van der Waals surface area contributed by atoms with Crippen molar-refractivity contribution in [3.63, 3.8) is 0 Å². The van der Waals surface area contributed by atoms with Crippen LogP contribution in [0.25, 0.3) is 10.9 Å². The van der Waals surface area contributed by atoms with Crippen LogP contribution < -0.4 is 10.6 Å². The number of para-hydroxylation sites is 1. The number of aromatic nitrogens is 5. The summed E-state index contributed by atoms with van der Waals surface area (Å²) in [6.07, 6.45) is 8.03. The number of amides is 1. The fraction of sp³-hybridized carbons (Fsp3) is 0.407. The number of hydrogen-bond donors (Lipinski definition) is 3. The molecule has 1 atom stereocenters. The van der Waals surface area contributed by atoms with Gasteiger partial charge in [-0.3, -0.25) is 9.48 Å². The van der Waals surface area contributed by atoms with Crippen molar-refractivity contribution in [1.82, 2.24) is 30.0 Å². The largest absolute Gasteiger partial charge is 0.373 e. The molecule has 35 heavy (non-hydrogen) atoms. The number of carbonyl (C=O) groups excluding carboxylic acids is 1. The van der Waals surface area contributed by atoms with Gasteiger partial charge in [0.05, 0.1) is 17.4 Å². The molecule has 1 aromatic carbocycles. The molecular weight excluding hydrogens is 438 g/mol. The molecule has 3 N–H and O–H groups in total. The number of hydrogen-bond acceptors (Lipinski definition) is 5. The maximum Gasteiger partial charge on any atom is 0.220 e. The van der Waals surface area contributed by atoms with Crippen molar-refractivity contribution in [2.75, 3.05) is 12.4 Å². The van der Waals surface area contributed by atoms with E-state index in [2.05, 4.69) is 44.8 Å². The van der Waals surface area contributed by atoms with Crippen molar-refractivity contribution in [2.45, 2.75) is 64.5 Å². The lowest BCUT2D eigenvalue weighted by molar-refractivity contribution is -0.121. The Bertz CT molecular complexity index is 1330. The predicted molar refractivity (Wildman–Crippen MR) is 137 cm³/mol. The van der Waals surface area contributed by atoms with E-state index in [9.17, 15) is 4.79 Å². The fourth-order valence-corrected chi connectivity index (χ4v) is 4.55. The Morgan fingerprint density at radius 3 is 2.80 bits per heavy atom. The summed E-state index contributed by atoms with van der Waals surface area (Å²) in [5.74, 6) is 2.09. The highest BCUT2D eigenvalue weighted by Gasteiger charge is 2.29. The van der Waals surface area contributed by atoms with Crippen LogP contribution in [-0.4, -0.2) is 37.7 Å². The van der Waals surface area contributed by atoms with Crippen LogP contribution in [0.2, 0.25) is 0 Å². The number of H-pyrrole nitrogens is 1. The third-order valence-corrected chi connectivity index (χ3v) is 6.75. The fourth-order valence-electron chi connectivity index (χ4n) is 4.55. The standard InChI is InChI=1S/C27H33N7O/c1-4-34-16-19(17(2)33-34)11-12-26(35)30-23(13-20-15-29-22-8-6-5-7-21(20)22)24-14-25(28-3)32-27(31-24)18-9-10-18/h5-8,14-16,18,23,29H,4,9-13H2,1-3H3,(H,30,35)(H,28,31,32)/t23-/m0/s1. The Morgan fingerprint density at radius 1 is 1.23 bits per heavy atom. The first-order chi connectivity index (χ1) is 17.0. The molecule has 8 nitrogen and oxygen atoms in total. The van der Waals surface area contributed by atoms with Crippen LogP contribution in [0.4, 0.5) is 5.82 Å². The molecule has 0 spiro atoms. The maximum atomic E-state index is 13.2. The van der Waals surface area contributed by atoms with Gasteiger partial charge in [-0.1, -0.05) is 18.2 Å². The van der Waals surface area contributed by atoms with E-state index in [1.165, 1.54) is 5.39 Å². The molecule has 1 amide bonds. The normalized spacial score (nSPS) is 14.3. The summed E-state index contributed by atoms with van der Waals surface area (Å²) in [4.78, 5) is 26.1. The number of carbonyl (C=O) groups is 1. The zero-order chi connectivity index (χ0) is 24.4. The summed E-state index contributed by atoms with van der Waals surface area (Å²) < 4.78 is 1.92. The highest BCUT2D eigenvalue weighted by molar-refractivity contribution is 5.83. The molecule has 0 saturated heterocycles. The lowest BCUT2D eigenvalue weighted by Gasteiger charge is -2.20. The number of anilines is 1. The number of aromatic amines is 1. The second-order valence-corrected chi connectivity index (χ2v) is 9.34. The van der Waals surface area contributed by atoms with E-state index in [0.29, 0.717) is 25.2 Å². The minimum atomic E-state index is -0.256. The Kier molecular flexibility index (Phi) is 6.53. The van der Waals surface area contributed by atoms with E-state index in [4.69, 9.17) is 4.98 Å². The molecule has 5 rings (SSSR count). The van der Waals surface area contributed by atoms with Gasteiger partial charge < -0.3 is 15.6 Å². The summed E-state index contributed by atoms with van der Waals surface area (Å²) >= 11 is 0. The van der Waals surface area contributed by atoms with Gasteiger partial charge in [0.2, 0.25) is 5.91 Å². The first-order valence-electron chi connectivity index (χ1n) is 12.5. The third kappa shape index (κ3) is 5.21. The maximum absolute atomic E-state index is 13.2. The smallest absolute Gasteiger partial charge is 0.220 e. The van der Waals surface area contributed by atoms with Crippen LogP contribution in [-0.2, 0) is 24.2 Å². The van der Waals surface area contributed by atoms with Gasteiger partial charge in [-0.25, -0.2) is 9.97 Å². The molecule has 1 fully saturated rings. The lowest BCUT2D eigenvalue weighted by Crippen LogP contribution is -2.31. The lowest BCUT2D eigenvalue weighted by atomic mass is 10.0. The van der Waals surface area contributed by atoms with Gasteiger partial charge in [-0.2, -0.15) is 5.10 Å². The van der Waals surface area contributed by atoms with Crippen molar-refractivity contribution in [3.8, 4) is 0 Å². The highest BCUT2D eigenvalue weighted by Crippen LogP contribution is 2.39. The predicted octanol–water partition coefficient (Wildman–Crippen LogP) is 4.43. The minimum Gasteiger partial charge on any atom is -0.373 e. The monoisotopic (exact) mass is 471 g/mol. The van der Waals surface area contributed by atoms with E-state index < -0.39 is 0 Å². The van der Waals surface area contributed by atoms with Gasteiger partial charge in [-0.05, 0) is 50.3 Å². The molecule has 182 valence electrons. The van der Waals surface area contributed by atoms with Crippen molar-refractivity contribution in [1.29, 1.82) is 0 Å². The van der Waals surface area contributed by atoms with Crippen LogP contribution in [0.1, 0.15) is 66.5 Å². The first-order valence-corrected chi connectivity index (χ1v) is 12.5. The highest BCUT2D eigenvalue weighted by atomic mass is 16.1. The Labute approximate surface area is 205 Å². The summed E-state index contributed by atoms with van der Waals surface area (Å²) in [6, 6.07) is 9.95. The van der Waals surface area contributed by atoms with E-state index in [1.807, 2.05) is 49.2 Å². The molecule has 0 radical (unpaired) electrons. The van der Waals surface area contributed by atoms with Crippen LogP contribution >= 0.6 is 0 Å². The minimum absolute atomic E-state index is 0.0103. The number of rotatable bonds is 10. The number of benzene rings is 1. The van der Waals surface area contributed by atoms with E-state index in [0.717, 1.165) is 59.1 Å². The van der Waals surface area contributed by atoms with Crippen LogP contribution in [0.5, 0.6) is 0 Å². The molecule has 3 aromatic heterocycles. The van der Waals surface area contributed by atoms with Crippen LogP contribution in [0.15, 0.2) is 42.7 Å². The number of aryl methyl sites for hydroxylation is 3. The van der Waals surface area contributed by atoms with E-state index >= 15 is 0 Å². The Morgan fingerprint density at radius 2 is 2.06 bits per heavy atom. The van der Waals surface area contributed by atoms with Gasteiger partial charge in [0.1, 0.15) is 11.6 Å². The summed E-state index contributed by atoms with van der Waals surface area (Å²) in [7, 11) is 1.87. The second kappa shape index (κ2) is 9.90. The van der Waals surface area contributed by atoms with E-state index in [1.54, 1.807) is 0 Å². The summed E-state index contributed by atoms with van der Waals surface area (Å²) in [6.45, 7) is 4.89. The van der Waals surface area contributed by atoms with Gasteiger partial charge in [0, 0.05) is 61.7 Å². The third-order valence-electron chi connectivity index (χ3n) is 6.75. The molecule has 0 unspecified atom stereocenters. The van der Waals surface area contributed by atoms with Gasteiger partial charge in [-0.15, -0.1) is 0 Å².